The molecule has 2 N–H and O–H groups in total. The molecule has 0 spiro atoms. The number of amides is 2. The van der Waals surface area contributed by atoms with Crippen LogP contribution in [0.1, 0.15) is 26.3 Å². The van der Waals surface area contributed by atoms with Crippen molar-refractivity contribution in [1.82, 2.24) is 5.32 Å². The predicted molar refractivity (Wildman–Crippen MR) is 85.8 cm³/mol. The normalized spacial score (nSPS) is 21.4. The summed E-state index contributed by atoms with van der Waals surface area (Å²) in [6, 6.07) is 5.44. The van der Waals surface area contributed by atoms with Crippen molar-refractivity contribution < 1.29 is 14.3 Å². The van der Waals surface area contributed by atoms with Crippen LogP contribution in [0.2, 0.25) is 0 Å². The second-order valence-corrected chi connectivity index (χ2v) is 6.87. The molecular formula is C17H24N2O3. The van der Waals surface area contributed by atoms with Gasteiger partial charge in [0.15, 0.2) is 0 Å². The largest absolute Gasteiger partial charge is 0.497 e. The van der Waals surface area contributed by atoms with Crippen molar-refractivity contribution in [3.05, 3.63) is 23.8 Å². The number of anilines is 1. The van der Waals surface area contributed by atoms with Crippen LogP contribution in [0.5, 0.6) is 5.75 Å². The van der Waals surface area contributed by atoms with Gasteiger partial charge in [-0.15, -0.1) is 0 Å². The van der Waals surface area contributed by atoms with Crippen LogP contribution >= 0.6 is 0 Å². The van der Waals surface area contributed by atoms with E-state index in [9.17, 15) is 9.59 Å². The maximum absolute atomic E-state index is 12.6. The van der Waals surface area contributed by atoms with Crippen molar-refractivity contribution in [3.8, 4) is 5.75 Å². The number of ether oxygens (including phenoxy) is 1. The van der Waals surface area contributed by atoms with Crippen molar-refractivity contribution in [3.63, 3.8) is 0 Å². The number of nitrogens with one attached hydrogen (secondary N) is 2. The summed E-state index contributed by atoms with van der Waals surface area (Å²) in [7, 11) is 1.60. The van der Waals surface area contributed by atoms with E-state index >= 15 is 0 Å². The fraction of sp³-hybridized carbons (Fsp3) is 0.529. The lowest BCUT2D eigenvalue weighted by atomic mass is 9.74. The summed E-state index contributed by atoms with van der Waals surface area (Å²) in [6.45, 7) is 8.60. The molecule has 5 heteroatoms. The second-order valence-electron chi connectivity index (χ2n) is 6.87. The zero-order valence-corrected chi connectivity index (χ0v) is 13.8. The fourth-order valence-corrected chi connectivity index (χ4v) is 2.84. The van der Waals surface area contributed by atoms with Crippen LogP contribution in [-0.4, -0.2) is 25.5 Å². The van der Waals surface area contributed by atoms with Gasteiger partial charge in [-0.05, 0) is 36.1 Å². The summed E-state index contributed by atoms with van der Waals surface area (Å²) in [6.07, 6.45) is 0. The molecule has 1 fully saturated rings. The second kappa shape index (κ2) is 5.99. The lowest BCUT2D eigenvalue weighted by Gasteiger charge is -2.29. The number of hydrogen-bond acceptors (Lipinski definition) is 3. The summed E-state index contributed by atoms with van der Waals surface area (Å²) in [5.74, 6) is -0.367. The van der Waals surface area contributed by atoms with Gasteiger partial charge in [0, 0.05) is 18.2 Å². The molecule has 1 aromatic carbocycles. The van der Waals surface area contributed by atoms with Crippen molar-refractivity contribution >= 4 is 17.5 Å². The molecule has 22 heavy (non-hydrogen) atoms. The molecule has 0 aromatic heterocycles. The highest BCUT2D eigenvalue weighted by molar-refractivity contribution is 6.08. The minimum absolute atomic E-state index is 0.0152. The highest BCUT2D eigenvalue weighted by Gasteiger charge is 2.45. The van der Waals surface area contributed by atoms with Gasteiger partial charge >= 0.3 is 0 Å². The maximum Gasteiger partial charge on any atom is 0.237 e. The minimum atomic E-state index is -0.651. The van der Waals surface area contributed by atoms with E-state index in [1.165, 1.54) is 0 Å². The van der Waals surface area contributed by atoms with Gasteiger partial charge in [0.1, 0.15) is 11.7 Å². The third-order valence-electron chi connectivity index (χ3n) is 4.27. The molecule has 0 bridgehead atoms. The lowest BCUT2D eigenvalue weighted by Crippen LogP contribution is -2.37. The van der Waals surface area contributed by atoms with Gasteiger partial charge in [-0.1, -0.05) is 20.8 Å². The molecule has 2 rings (SSSR count). The van der Waals surface area contributed by atoms with E-state index in [2.05, 4.69) is 31.4 Å². The summed E-state index contributed by atoms with van der Waals surface area (Å²) in [5.41, 5.74) is 1.49. The first-order chi connectivity index (χ1) is 10.2. The Bertz CT molecular complexity index is 590. The molecule has 2 amide bonds. The van der Waals surface area contributed by atoms with Crippen LogP contribution in [0.25, 0.3) is 0 Å². The Hall–Kier alpha value is -2.04. The highest BCUT2D eigenvalue weighted by atomic mass is 16.5. The van der Waals surface area contributed by atoms with Crippen LogP contribution in [0, 0.1) is 24.2 Å². The first kappa shape index (κ1) is 16.3. The molecule has 2 atom stereocenters. The zero-order chi connectivity index (χ0) is 16.5. The molecule has 5 nitrogen and oxygen atoms in total. The number of carbonyl (C=O) groups is 2. The quantitative estimate of drug-likeness (QED) is 0.842. The molecule has 1 aliphatic rings. The van der Waals surface area contributed by atoms with Gasteiger partial charge in [-0.25, -0.2) is 0 Å². The van der Waals surface area contributed by atoms with Crippen LogP contribution < -0.4 is 15.4 Å². The third-order valence-corrected chi connectivity index (χ3v) is 4.27. The van der Waals surface area contributed by atoms with Crippen molar-refractivity contribution in [2.24, 2.45) is 17.3 Å². The first-order valence-corrected chi connectivity index (χ1v) is 7.47. The van der Waals surface area contributed by atoms with Crippen LogP contribution in [0.15, 0.2) is 18.2 Å². The van der Waals surface area contributed by atoms with Gasteiger partial charge in [-0.2, -0.15) is 0 Å². The Morgan fingerprint density at radius 1 is 1.36 bits per heavy atom. The molecule has 0 saturated carbocycles. The number of benzene rings is 1. The highest BCUT2D eigenvalue weighted by Crippen LogP contribution is 2.36. The third kappa shape index (κ3) is 3.24. The Labute approximate surface area is 131 Å². The smallest absolute Gasteiger partial charge is 0.237 e. The number of aryl methyl sites for hydroxylation is 1. The monoisotopic (exact) mass is 304 g/mol. The molecule has 1 saturated heterocycles. The predicted octanol–water partition coefficient (Wildman–Crippen LogP) is 2.35. The summed E-state index contributed by atoms with van der Waals surface area (Å²) >= 11 is 0. The Morgan fingerprint density at radius 2 is 2.05 bits per heavy atom. The summed E-state index contributed by atoms with van der Waals surface area (Å²) < 4.78 is 5.16. The number of methoxy groups -OCH3 is 1. The van der Waals surface area contributed by atoms with E-state index in [1.54, 1.807) is 19.2 Å². The van der Waals surface area contributed by atoms with E-state index < -0.39 is 5.92 Å². The number of rotatable bonds is 3. The Balaban J connectivity index is 2.19. The van der Waals surface area contributed by atoms with E-state index in [-0.39, 0.29) is 23.1 Å². The molecule has 0 aliphatic carbocycles. The lowest BCUT2D eigenvalue weighted by molar-refractivity contribution is -0.132. The molecule has 1 aliphatic heterocycles. The van der Waals surface area contributed by atoms with E-state index in [4.69, 9.17) is 4.74 Å². The van der Waals surface area contributed by atoms with Gasteiger partial charge in [0.05, 0.1) is 7.11 Å². The zero-order valence-electron chi connectivity index (χ0n) is 13.8. The molecule has 0 unspecified atom stereocenters. The minimum Gasteiger partial charge on any atom is -0.497 e. The van der Waals surface area contributed by atoms with Crippen LogP contribution in [0.4, 0.5) is 5.69 Å². The first-order valence-electron chi connectivity index (χ1n) is 7.47. The molecule has 1 aromatic rings. The average Bonchev–Trinajstić information content (AvgIpc) is 2.83. The number of hydrogen-bond donors (Lipinski definition) is 2. The van der Waals surface area contributed by atoms with Crippen molar-refractivity contribution in [2.75, 3.05) is 19.0 Å². The molecular weight excluding hydrogens is 280 g/mol. The van der Waals surface area contributed by atoms with Gasteiger partial charge in [-0.3, -0.25) is 9.59 Å². The van der Waals surface area contributed by atoms with Crippen LogP contribution in [-0.2, 0) is 9.59 Å². The molecule has 1 heterocycles. The van der Waals surface area contributed by atoms with Gasteiger partial charge in [0.25, 0.3) is 0 Å². The molecule has 0 radical (unpaired) electrons. The van der Waals surface area contributed by atoms with E-state index in [0.717, 1.165) is 11.3 Å². The van der Waals surface area contributed by atoms with E-state index in [1.807, 2.05) is 13.0 Å². The van der Waals surface area contributed by atoms with Crippen molar-refractivity contribution in [1.29, 1.82) is 0 Å². The topological polar surface area (TPSA) is 67.4 Å². The van der Waals surface area contributed by atoms with Crippen LogP contribution in [0.3, 0.4) is 0 Å². The average molecular weight is 304 g/mol. The van der Waals surface area contributed by atoms with Gasteiger partial charge in [0.2, 0.25) is 11.8 Å². The standard InChI is InChI=1S/C17H24N2O3/c1-10-8-11(22-5)6-7-13(10)19-16(21)14-12(17(2,3)4)9-18-15(14)20/h6-8,12,14H,9H2,1-5H3,(H,18,20)(H,19,21)/t12-,14-/m1/s1. The SMILES string of the molecule is COc1ccc(NC(=O)[C@H]2C(=O)NC[C@H]2C(C)(C)C)c(C)c1. The summed E-state index contributed by atoms with van der Waals surface area (Å²) in [4.78, 5) is 24.6. The Kier molecular flexibility index (Phi) is 4.44. The number of carbonyl (C=O) groups excluding carboxylic acids is 2. The van der Waals surface area contributed by atoms with Gasteiger partial charge < -0.3 is 15.4 Å². The maximum atomic E-state index is 12.6. The Morgan fingerprint density at radius 3 is 2.59 bits per heavy atom. The molecule has 120 valence electrons. The van der Waals surface area contributed by atoms with Crippen molar-refractivity contribution in [2.45, 2.75) is 27.7 Å². The van der Waals surface area contributed by atoms with E-state index in [0.29, 0.717) is 12.2 Å². The fourth-order valence-electron chi connectivity index (χ4n) is 2.84. The summed E-state index contributed by atoms with van der Waals surface area (Å²) in [5, 5.41) is 5.69.